The lowest BCUT2D eigenvalue weighted by Crippen LogP contribution is -1.92. The molecular formula is C44H26N2OS. The molecular weight excluding hydrogens is 605 g/mol. The highest BCUT2D eigenvalue weighted by Gasteiger charge is 2.18. The molecule has 0 amide bonds. The summed E-state index contributed by atoms with van der Waals surface area (Å²) >= 11 is 1.82. The Labute approximate surface area is 280 Å². The number of hydrogen-bond acceptors (Lipinski definition) is 4. The van der Waals surface area contributed by atoms with E-state index in [1.54, 1.807) is 0 Å². The summed E-state index contributed by atoms with van der Waals surface area (Å²) in [6.07, 6.45) is 0. The maximum absolute atomic E-state index is 6.45. The van der Waals surface area contributed by atoms with Crippen LogP contribution in [-0.4, -0.2) is 9.97 Å². The highest BCUT2D eigenvalue weighted by Crippen LogP contribution is 2.43. The lowest BCUT2D eigenvalue weighted by atomic mass is 9.97. The van der Waals surface area contributed by atoms with Gasteiger partial charge in [0.05, 0.1) is 27.3 Å². The average Bonchev–Trinajstić information content (AvgIpc) is 3.74. The number of rotatable bonds is 4. The molecule has 3 nitrogen and oxygen atoms in total. The fraction of sp³-hybridized carbons (Fsp3) is 0. The molecule has 0 aliphatic heterocycles. The molecule has 224 valence electrons. The first kappa shape index (κ1) is 27.1. The zero-order valence-corrected chi connectivity index (χ0v) is 26.5. The first-order chi connectivity index (χ1) is 23.8. The van der Waals surface area contributed by atoms with Gasteiger partial charge < -0.3 is 4.42 Å². The van der Waals surface area contributed by atoms with Gasteiger partial charge in [-0.1, -0.05) is 127 Å². The van der Waals surface area contributed by atoms with Gasteiger partial charge in [-0.25, -0.2) is 9.97 Å². The topological polar surface area (TPSA) is 38.9 Å². The Balaban J connectivity index is 1.14. The van der Waals surface area contributed by atoms with Gasteiger partial charge in [0.25, 0.3) is 0 Å². The van der Waals surface area contributed by atoms with E-state index in [-0.39, 0.29) is 0 Å². The van der Waals surface area contributed by atoms with E-state index >= 15 is 0 Å². The van der Waals surface area contributed by atoms with Crippen molar-refractivity contribution in [1.82, 2.24) is 9.97 Å². The van der Waals surface area contributed by atoms with Crippen LogP contribution in [0.15, 0.2) is 162 Å². The summed E-state index contributed by atoms with van der Waals surface area (Å²) in [7, 11) is 0. The number of thiophene rings is 1. The summed E-state index contributed by atoms with van der Waals surface area (Å²) in [6, 6.07) is 55.2. The van der Waals surface area contributed by atoms with Crippen molar-refractivity contribution in [2.24, 2.45) is 0 Å². The van der Waals surface area contributed by atoms with E-state index in [1.807, 2.05) is 29.5 Å². The van der Waals surface area contributed by atoms with Crippen molar-refractivity contribution in [3.63, 3.8) is 0 Å². The minimum absolute atomic E-state index is 0.889. The fourth-order valence-corrected chi connectivity index (χ4v) is 8.22. The predicted octanol–water partition coefficient (Wildman–Crippen LogP) is 12.6. The molecule has 0 atom stereocenters. The second-order valence-corrected chi connectivity index (χ2v) is 13.2. The molecule has 0 aliphatic carbocycles. The molecule has 4 aromatic heterocycles. The molecule has 0 fully saturated rings. The van der Waals surface area contributed by atoms with E-state index in [4.69, 9.17) is 14.4 Å². The summed E-state index contributed by atoms with van der Waals surface area (Å²) < 4.78 is 8.95. The van der Waals surface area contributed by atoms with Crippen molar-refractivity contribution < 1.29 is 4.42 Å². The molecule has 0 radical (unpaired) electrons. The third kappa shape index (κ3) is 4.27. The van der Waals surface area contributed by atoms with Crippen LogP contribution in [0.2, 0.25) is 0 Å². The maximum atomic E-state index is 6.45. The number of para-hydroxylation sites is 3. The Morgan fingerprint density at radius 2 is 1.10 bits per heavy atom. The van der Waals surface area contributed by atoms with Crippen LogP contribution in [-0.2, 0) is 0 Å². The van der Waals surface area contributed by atoms with E-state index in [9.17, 15) is 0 Å². The molecule has 0 bridgehead atoms. The van der Waals surface area contributed by atoms with Gasteiger partial charge in [-0.2, -0.15) is 0 Å². The molecule has 0 aliphatic rings. The van der Waals surface area contributed by atoms with Gasteiger partial charge in [-0.15, -0.1) is 11.3 Å². The van der Waals surface area contributed by atoms with Crippen LogP contribution in [0.1, 0.15) is 0 Å². The quantitative estimate of drug-likeness (QED) is 0.194. The number of pyridine rings is 2. The zero-order valence-electron chi connectivity index (χ0n) is 25.7. The van der Waals surface area contributed by atoms with Crippen LogP contribution in [0.5, 0.6) is 0 Å². The number of fused-ring (bicyclic) bond motifs is 8. The minimum Gasteiger partial charge on any atom is -0.455 e. The van der Waals surface area contributed by atoms with Gasteiger partial charge >= 0.3 is 0 Å². The van der Waals surface area contributed by atoms with Gasteiger partial charge in [0.15, 0.2) is 0 Å². The van der Waals surface area contributed by atoms with Gasteiger partial charge in [-0.05, 0) is 35.9 Å². The number of furan rings is 1. The largest absolute Gasteiger partial charge is 0.455 e. The summed E-state index contributed by atoms with van der Waals surface area (Å²) in [5.74, 6) is 0. The molecule has 0 N–H and O–H groups in total. The number of nitrogens with zero attached hydrogens (tertiary/aromatic N) is 2. The molecule has 0 unspecified atom stereocenters. The Kier molecular flexibility index (Phi) is 6.05. The monoisotopic (exact) mass is 630 g/mol. The SMILES string of the molecule is c1ccc(-c2cc(-c3cccc4c3oc3ccccc34)cc(-c3ccc(-c4nc5ccccc5c5c4sc4ccccc45)cc3)n2)cc1. The standard InChI is InChI=1S/C44H26N2OS/c1-2-11-27(12-3-1)37-25-30(31-16-10-17-33-32-13-5-8-19-39(32)47-43(31)33)26-38(45-37)28-21-23-29(24-22-28)42-44-41(34-14-4-7-18-36(34)46-42)35-15-6-9-20-40(35)48-44/h1-26H. The van der Waals surface area contributed by atoms with Crippen LogP contribution < -0.4 is 0 Å². The van der Waals surface area contributed by atoms with Gasteiger partial charge in [0.1, 0.15) is 11.2 Å². The van der Waals surface area contributed by atoms with Crippen molar-refractivity contribution in [3.8, 4) is 44.9 Å². The lowest BCUT2D eigenvalue weighted by Gasteiger charge is -2.12. The minimum atomic E-state index is 0.889. The zero-order chi connectivity index (χ0) is 31.6. The van der Waals surface area contributed by atoms with E-state index in [0.717, 1.165) is 72.4 Å². The van der Waals surface area contributed by atoms with Gasteiger partial charge in [0, 0.05) is 53.9 Å². The Morgan fingerprint density at radius 3 is 1.94 bits per heavy atom. The van der Waals surface area contributed by atoms with Crippen molar-refractivity contribution in [2.75, 3.05) is 0 Å². The molecule has 4 heteroatoms. The van der Waals surface area contributed by atoms with E-state index < -0.39 is 0 Å². The smallest absolute Gasteiger partial charge is 0.143 e. The molecule has 10 aromatic rings. The second kappa shape index (κ2) is 10.7. The van der Waals surface area contributed by atoms with Crippen molar-refractivity contribution in [3.05, 3.63) is 158 Å². The van der Waals surface area contributed by atoms with E-state index in [2.05, 4.69) is 140 Å². The molecule has 48 heavy (non-hydrogen) atoms. The summed E-state index contributed by atoms with van der Waals surface area (Å²) in [5.41, 5.74) is 11.0. The van der Waals surface area contributed by atoms with Crippen molar-refractivity contribution >= 4 is 64.4 Å². The molecule has 0 saturated carbocycles. The van der Waals surface area contributed by atoms with Crippen LogP contribution in [0.4, 0.5) is 0 Å². The summed E-state index contributed by atoms with van der Waals surface area (Å²) in [6.45, 7) is 0. The Hall–Kier alpha value is -6.10. The fourth-order valence-electron chi connectivity index (χ4n) is 6.99. The normalized spacial score (nSPS) is 11.8. The first-order valence-electron chi connectivity index (χ1n) is 16.1. The van der Waals surface area contributed by atoms with Crippen molar-refractivity contribution in [2.45, 2.75) is 0 Å². The molecule has 0 spiro atoms. The summed E-state index contributed by atoms with van der Waals surface area (Å²) in [5, 5.41) is 5.99. The third-order valence-electron chi connectivity index (χ3n) is 9.28. The molecule has 0 saturated heterocycles. The second-order valence-electron chi connectivity index (χ2n) is 12.1. The van der Waals surface area contributed by atoms with Gasteiger partial charge in [0.2, 0.25) is 0 Å². The highest BCUT2D eigenvalue weighted by atomic mass is 32.1. The van der Waals surface area contributed by atoms with Crippen LogP contribution in [0.25, 0.3) is 97.9 Å². The van der Waals surface area contributed by atoms with Gasteiger partial charge in [-0.3, -0.25) is 0 Å². The average molecular weight is 631 g/mol. The Bertz CT molecular complexity index is 2830. The third-order valence-corrected chi connectivity index (χ3v) is 10.5. The maximum Gasteiger partial charge on any atom is 0.143 e. The Morgan fingerprint density at radius 1 is 0.458 bits per heavy atom. The number of aromatic nitrogens is 2. The van der Waals surface area contributed by atoms with Crippen LogP contribution >= 0.6 is 11.3 Å². The van der Waals surface area contributed by atoms with E-state index in [0.29, 0.717) is 0 Å². The van der Waals surface area contributed by atoms with Crippen molar-refractivity contribution in [1.29, 1.82) is 0 Å². The van der Waals surface area contributed by atoms with E-state index in [1.165, 1.54) is 25.6 Å². The predicted molar refractivity (Wildman–Crippen MR) is 201 cm³/mol. The number of hydrogen-bond donors (Lipinski definition) is 0. The molecule has 4 heterocycles. The summed E-state index contributed by atoms with van der Waals surface area (Å²) in [4.78, 5) is 10.4. The first-order valence-corrected chi connectivity index (χ1v) is 16.9. The highest BCUT2D eigenvalue weighted by molar-refractivity contribution is 7.26. The molecule has 10 rings (SSSR count). The van der Waals surface area contributed by atoms with Crippen LogP contribution in [0.3, 0.4) is 0 Å². The lowest BCUT2D eigenvalue weighted by molar-refractivity contribution is 0.670. The molecule has 6 aromatic carbocycles. The van der Waals surface area contributed by atoms with Crippen LogP contribution in [0, 0.1) is 0 Å². The number of benzene rings is 6.